The lowest BCUT2D eigenvalue weighted by Crippen LogP contribution is -2.38. The molecule has 0 aromatic heterocycles. The highest BCUT2D eigenvalue weighted by molar-refractivity contribution is 6.45. The van der Waals surface area contributed by atoms with Crippen LogP contribution in [0.3, 0.4) is 0 Å². The zero-order valence-electron chi connectivity index (χ0n) is 17.0. The molecule has 29 heavy (non-hydrogen) atoms. The van der Waals surface area contributed by atoms with Gasteiger partial charge < -0.3 is 4.90 Å². The van der Waals surface area contributed by atoms with E-state index in [1.807, 2.05) is 26.0 Å². The van der Waals surface area contributed by atoms with E-state index in [1.165, 1.54) is 4.90 Å². The summed E-state index contributed by atoms with van der Waals surface area (Å²) in [7, 11) is 0. The number of anilines is 1. The Morgan fingerprint density at radius 1 is 0.966 bits per heavy atom. The number of rotatable bonds is 3. The van der Waals surface area contributed by atoms with Crippen molar-refractivity contribution in [1.29, 1.82) is 0 Å². The van der Waals surface area contributed by atoms with Crippen LogP contribution in [-0.2, 0) is 9.59 Å². The van der Waals surface area contributed by atoms with Gasteiger partial charge >= 0.3 is 0 Å². The first-order valence-corrected chi connectivity index (χ1v) is 10.5. The van der Waals surface area contributed by atoms with Gasteiger partial charge in [0.25, 0.3) is 11.8 Å². The second-order valence-electron chi connectivity index (χ2n) is 8.14. The van der Waals surface area contributed by atoms with E-state index in [0.717, 1.165) is 42.6 Å². The first-order valence-electron chi connectivity index (χ1n) is 10.1. The summed E-state index contributed by atoms with van der Waals surface area (Å²) in [6, 6.07) is 12.9. The quantitative estimate of drug-likeness (QED) is 0.673. The van der Waals surface area contributed by atoms with Crippen LogP contribution in [0.2, 0.25) is 5.02 Å². The Morgan fingerprint density at radius 2 is 1.69 bits per heavy atom. The van der Waals surface area contributed by atoms with Crippen LogP contribution in [0.15, 0.2) is 48.2 Å². The summed E-state index contributed by atoms with van der Waals surface area (Å²) >= 11 is 6.14. The van der Waals surface area contributed by atoms with Crippen molar-refractivity contribution >= 4 is 34.7 Å². The molecule has 5 heteroatoms. The van der Waals surface area contributed by atoms with Crippen molar-refractivity contribution in [3.05, 3.63) is 69.9 Å². The normalized spacial score (nSPS) is 18.2. The predicted molar refractivity (Wildman–Crippen MR) is 117 cm³/mol. The molecular weight excluding hydrogens is 384 g/mol. The zero-order valence-corrected chi connectivity index (χ0v) is 17.8. The maximum Gasteiger partial charge on any atom is 0.282 e. The molecule has 2 amide bonds. The first-order chi connectivity index (χ1) is 13.9. The molecule has 2 heterocycles. The van der Waals surface area contributed by atoms with Gasteiger partial charge in [-0.25, -0.2) is 4.90 Å². The number of benzene rings is 2. The minimum absolute atomic E-state index is 0.262. The van der Waals surface area contributed by atoms with Crippen molar-refractivity contribution in [2.24, 2.45) is 5.92 Å². The fourth-order valence-electron chi connectivity index (χ4n) is 4.23. The Bertz CT molecular complexity index is 1020. The molecule has 0 spiro atoms. The molecule has 2 aliphatic rings. The smallest absolute Gasteiger partial charge is 0.282 e. The summed E-state index contributed by atoms with van der Waals surface area (Å²) in [5.41, 5.74) is 4.48. The highest BCUT2D eigenvalue weighted by atomic mass is 35.5. The molecule has 1 saturated heterocycles. The largest absolute Gasteiger partial charge is 0.366 e. The molecule has 0 saturated carbocycles. The van der Waals surface area contributed by atoms with E-state index in [2.05, 4.69) is 17.9 Å². The monoisotopic (exact) mass is 408 g/mol. The van der Waals surface area contributed by atoms with E-state index in [1.54, 1.807) is 24.3 Å². The van der Waals surface area contributed by atoms with Gasteiger partial charge in [-0.15, -0.1) is 0 Å². The van der Waals surface area contributed by atoms with Gasteiger partial charge in [-0.1, -0.05) is 48.4 Å². The van der Waals surface area contributed by atoms with Gasteiger partial charge in [0.1, 0.15) is 5.70 Å². The molecule has 0 aliphatic carbocycles. The standard InChI is InChI=1S/C24H25ClN2O2/c1-15-9-11-26(12-10-15)22-21(20-8-7-16(2)13-17(20)3)23(28)27(24(22)29)19-6-4-5-18(25)14-19/h4-8,13-15H,9-12H2,1-3H3. The number of imide groups is 1. The molecule has 150 valence electrons. The second-order valence-corrected chi connectivity index (χ2v) is 8.57. The number of amides is 2. The molecule has 1 fully saturated rings. The van der Waals surface area contributed by atoms with Crippen LogP contribution in [0.4, 0.5) is 5.69 Å². The van der Waals surface area contributed by atoms with Crippen molar-refractivity contribution < 1.29 is 9.59 Å². The molecule has 2 aromatic carbocycles. The lowest BCUT2D eigenvalue weighted by Gasteiger charge is -2.32. The summed E-state index contributed by atoms with van der Waals surface area (Å²) in [5.74, 6) is 0.0901. The topological polar surface area (TPSA) is 40.6 Å². The second kappa shape index (κ2) is 7.68. The van der Waals surface area contributed by atoms with Crippen LogP contribution in [-0.4, -0.2) is 29.8 Å². The summed E-state index contributed by atoms with van der Waals surface area (Å²) in [6.45, 7) is 7.82. The number of hydrogen-bond acceptors (Lipinski definition) is 3. The molecule has 4 rings (SSSR count). The fourth-order valence-corrected chi connectivity index (χ4v) is 4.41. The number of carbonyl (C=O) groups excluding carboxylic acids is 2. The maximum atomic E-state index is 13.6. The number of aryl methyl sites for hydroxylation is 2. The average Bonchev–Trinajstić information content (AvgIpc) is 2.93. The van der Waals surface area contributed by atoms with E-state index in [4.69, 9.17) is 11.6 Å². The zero-order chi connectivity index (χ0) is 20.7. The van der Waals surface area contributed by atoms with Crippen molar-refractivity contribution in [1.82, 2.24) is 4.90 Å². The van der Waals surface area contributed by atoms with Crippen LogP contribution in [0, 0.1) is 19.8 Å². The minimum Gasteiger partial charge on any atom is -0.366 e. The van der Waals surface area contributed by atoms with E-state index < -0.39 is 0 Å². The number of halogens is 1. The lowest BCUT2D eigenvalue weighted by molar-refractivity contribution is -0.120. The maximum absolute atomic E-state index is 13.6. The Kier molecular flexibility index (Phi) is 5.22. The summed E-state index contributed by atoms with van der Waals surface area (Å²) in [4.78, 5) is 30.5. The molecule has 2 aromatic rings. The van der Waals surface area contributed by atoms with Crippen LogP contribution < -0.4 is 4.90 Å². The molecule has 2 aliphatic heterocycles. The molecule has 0 unspecified atom stereocenters. The van der Waals surface area contributed by atoms with Crippen LogP contribution in [0.5, 0.6) is 0 Å². The number of carbonyl (C=O) groups is 2. The summed E-state index contributed by atoms with van der Waals surface area (Å²) in [6.07, 6.45) is 2.03. The fraction of sp³-hybridized carbons (Fsp3) is 0.333. The van der Waals surface area contributed by atoms with Crippen molar-refractivity contribution in [3.8, 4) is 0 Å². The lowest BCUT2D eigenvalue weighted by atomic mass is 9.95. The Balaban J connectivity index is 1.85. The minimum atomic E-state index is -0.280. The highest BCUT2D eigenvalue weighted by Crippen LogP contribution is 2.38. The van der Waals surface area contributed by atoms with Crippen LogP contribution in [0.1, 0.15) is 36.5 Å². The average molecular weight is 409 g/mol. The number of nitrogens with zero attached hydrogens (tertiary/aromatic N) is 2. The van der Waals surface area contributed by atoms with Crippen LogP contribution >= 0.6 is 11.6 Å². The number of likely N-dealkylation sites (tertiary alicyclic amines) is 1. The third-order valence-electron chi connectivity index (χ3n) is 5.88. The van der Waals surface area contributed by atoms with Gasteiger partial charge in [-0.2, -0.15) is 0 Å². The molecule has 0 N–H and O–H groups in total. The molecule has 0 atom stereocenters. The summed E-state index contributed by atoms with van der Waals surface area (Å²) in [5, 5.41) is 0.497. The van der Waals surface area contributed by atoms with Crippen molar-refractivity contribution in [3.63, 3.8) is 0 Å². The molecule has 0 radical (unpaired) electrons. The highest BCUT2D eigenvalue weighted by Gasteiger charge is 2.43. The third-order valence-corrected chi connectivity index (χ3v) is 6.11. The summed E-state index contributed by atoms with van der Waals surface area (Å²) < 4.78 is 0. The van der Waals surface area contributed by atoms with Gasteiger partial charge in [-0.3, -0.25) is 9.59 Å². The Labute approximate surface area is 176 Å². The SMILES string of the molecule is Cc1ccc(C2=C(N3CCC(C)CC3)C(=O)N(c3cccc(Cl)c3)C2=O)c(C)c1. The predicted octanol–water partition coefficient (Wildman–Crippen LogP) is 4.97. The van der Waals surface area contributed by atoms with Crippen molar-refractivity contribution in [2.75, 3.05) is 18.0 Å². The molecule has 0 bridgehead atoms. The number of piperidine rings is 1. The Hall–Kier alpha value is -2.59. The van der Waals surface area contributed by atoms with Gasteiger partial charge in [0, 0.05) is 18.1 Å². The van der Waals surface area contributed by atoms with Crippen molar-refractivity contribution in [2.45, 2.75) is 33.6 Å². The molecular formula is C24H25ClN2O2. The number of hydrogen-bond donors (Lipinski definition) is 0. The van der Waals surface area contributed by atoms with Gasteiger partial charge in [-0.05, 0) is 61.9 Å². The van der Waals surface area contributed by atoms with Gasteiger partial charge in [0.05, 0.1) is 11.3 Å². The van der Waals surface area contributed by atoms with E-state index in [0.29, 0.717) is 27.9 Å². The van der Waals surface area contributed by atoms with E-state index >= 15 is 0 Å². The Morgan fingerprint density at radius 3 is 2.34 bits per heavy atom. The van der Waals surface area contributed by atoms with Crippen LogP contribution in [0.25, 0.3) is 5.57 Å². The van der Waals surface area contributed by atoms with Gasteiger partial charge in [0.15, 0.2) is 0 Å². The first kappa shape index (κ1) is 19.7. The van der Waals surface area contributed by atoms with Gasteiger partial charge in [0.2, 0.25) is 0 Å². The third kappa shape index (κ3) is 3.58. The molecule has 4 nitrogen and oxygen atoms in total. The van der Waals surface area contributed by atoms with E-state index in [-0.39, 0.29) is 11.8 Å². The van der Waals surface area contributed by atoms with E-state index in [9.17, 15) is 9.59 Å².